The molecule has 0 aliphatic rings. The van der Waals surface area contributed by atoms with Gasteiger partial charge >= 0.3 is 0 Å². The molecular weight excluding hydrogens is 210 g/mol. The van der Waals surface area contributed by atoms with Gasteiger partial charge in [-0.1, -0.05) is 0 Å². The van der Waals surface area contributed by atoms with Crippen LogP contribution in [0.2, 0.25) is 0 Å². The summed E-state index contributed by atoms with van der Waals surface area (Å²) in [6.45, 7) is 0. The molecule has 0 N–H and O–H groups in total. The number of hydrogen-bond donors (Lipinski definition) is 0. The van der Waals surface area contributed by atoms with Crippen LogP contribution in [-0.2, 0) is 0 Å². The van der Waals surface area contributed by atoms with Crippen molar-refractivity contribution in [3.63, 3.8) is 0 Å². The molecule has 3 aromatic rings. The zero-order chi connectivity index (χ0) is 11.1. The highest BCUT2D eigenvalue weighted by Gasteiger charge is 2.12. The molecule has 5 heteroatoms. The summed E-state index contributed by atoms with van der Waals surface area (Å²) >= 11 is 0. The Kier molecular flexibility index (Phi) is 1.67. The molecule has 0 radical (unpaired) electrons. The first-order chi connectivity index (χ1) is 7.81. The number of aldehydes is 2. The Hall–Kier alpha value is -2.43. The number of carbonyl (C=O) groups is 2. The maximum Gasteiger partial charge on any atom is 0.230 e. The zero-order valence-corrected chi connectivity index (χ0v) is 7.97. The molecule has 0 aliphatic carbocycles. The summed E-state index contributed by atoms with van der Waals surface area (Å²) < 4.78 is 10.4. The first-order valence-corrected chi connectivity index (χ1v) is 4.54. The molecule has 3 rings (SSSR count). The van der Waals surface area contributed by atoms with Gasteiger partial charge in [-0.05, 0) is 6.07 Å². The lowest BCUT2D eigenvalue weighted by molar-refractivity contribution is 0.109. The fourth-order valence-electron chi connectivity index (χ4n) is 1.63. The average molecular weight is 215 g/mol. The minimum absolute atomic E-state index is 0.180. The highest BCUT2D eigenvalue weighted by atomic mass is 16.4. The number of furan rings is 2. The molecule has 0 bridgehead atoms. The number of rotatable bonds is 2. The Morgan fingerprint density at radius 2 is 1.81 bits per heavy atom. The van der Waals surface area contributed by atoms with Gasteiger partial charge in [-0.2, -0.15) is 0 Å². The van der Waals surface area contributed by atoms with Crippen LogP contribution in [0.25, 0.3) is 22.1 Å². The molecule has 0 fully saturated rings. The topological polar surface area (TPSA) is 73.3 Å². The summed E-state index contributed by atoms with van der Waals surface area (Å²) in [7, 11) is 0. The van der Waals surface area contributed by atoms with Crippen molar-refractivity contribution in [1.82, 2.24) is 4.98 Å². The molecule has 78 valence electrons. The molecular formula is C11H5NO4. The van der Waals surface area contributed by atoms with Crippen LogP contribution in [0, 0.1) is 0 Å². The minimum Gasteiger partial charge on any atom is -0.452 e. The fraction of sp³-hybridized carbons (Fsp3) is 0. The number of aromatic nitrogens is 1. The molecule has 3 heterocycles. The summed E-state index contributed by atoms with van der Waals surface area (Å²) in [5.41, 5.74) is 0.824. The standard InChI is InChI=1S/C11H5NO4/c13-4-7-1-6-3-12-11-9(10(6)15-7)2-8(5-14)16-11/h1-5H. The monoisotopic (exact) mass is 215 g/mol. The van der Waals surface area contributed by atoms with Gasteiger partial charge in [0.25, 0.3) is 0 Å². The van der Waals surface area contributed by atoms with Crippen molar-refractivity contribution in [2.24, 2.45) is 0 Å². The second kappa shape index (κ2) is 3.03. The van der Waals surface area contributed by atoms with Crippen molar-refractivity contribution >= 4 is 34.6 Å². The Labute approximate surface area is 88.7 Å². The number of fused-ring (bicyclic) bond motifs is 3. The van der Waals surface area contributed by atoms with E-state index in [2.05, 4.69) is 4.98 Å². The van der Waals surface area contributed by atoms with Crippen molar-refractivity contribution in [3.8, 4) is 0 Å². The van der Waals surface area contributed by atoms with Gasteiger partial charge in [0, 0.05) is 17.6 Å². The van der Waals surface area contributed by atoms with E-state index in [4.69, 9.17) is 8.83 Å². The van der Waals surface area contributed by atoms with Gasteiger partial charge in [-0.15, -0.1) is 0 Å². The molecule has 0 amide bonds. The molecule has 0 saturated heterocycles. The van der Waals surface area contributed by atoms with E-state index >= 15 is 0 Å². The Bertz CT molecular complexity index is 646. The smallest absolute Gasteiger partial charge is 0.230 e. The van der Waals surface area contributed by atoms with E-state index in [0.717, 1.165) is 0 Å². The van der Waals surface area contributed by atoms with Crippen molar-refractivity contribution < 1.29 is 18.4 Å². The van der Waals surface area contributed by atoms with Gasteiger partial charge in [-0.3, -0.25) is 9.59 Å². The van der Waals surface area contributed by atoms with E-state index in [0.29, 0.717) is 34.6 Å². The molecule has 0 spiro atoms. The highest BCUT2D eigenvalue weighted by molar-refractivity contribution is 6.03. The van der Waals surface area contributed by atoms with Crippen LogP contribution in [0.3, 0.4) is 0 Å². The van der Waals surface area contributed by atoms with Gasteiger partial charge in [-0.25, -0.2) is 4.98 Å². The maximum atomic E-state index is 10.6. The van der Waals surface area contributed by atoms with Crippen LogP contribution >= 0.6 is 0 Å². The number of nitrogens with zero attached hydrogens (tertiary/aromatic N) is 1. The molecule has 0 atom stereocenters. The molecule has 0 aliphatic heterocycles. The second-order valence-electron chi connectivity index (χ2n) is 3.29. The van der Waals surface area contributed by atoms with Crippen LogP contribution in [0.5, 0.6) is 0 Å². The summed E-state index contributed by atoms with van der Waals surface area (Å²) in [6, 6.07) is 3.12. The predicted molar refractivity (Wildman–Crippen MR) is 54.6 cm³/mol. The Morgan fingerprint density at radius 3 is 2.56 bits per heavy atom. The van der Waals surface area contributed by atoms with Gasteiger partial charge < -0.3 is 8.83 Å². The predicted octanol–water partition coefficient (Wildman–Crippen LogP) is 2.20. The lowest BCUT2D eigenvalue weighted by atomic mass is 10.2. The first-order valence-electron chi connectivity index (χ1n) is 4.54. The third kappa shape index (κ3) is 1.08. The number of hydrogen-bond acceptors (Lipinski definition) is 5. The van der Waals surface area contributed by atoms with Crippen molar-refractivity contribution in [1.29, 1.82) is 0 Å². The van der Waals surface area contributed by atoms with Gasteiger partial charge in [0.15, 0.2) is 24.1 Å². The summed E-state index contributed by atoms with van der Waals surface area (Å²) in [5, 5.41) is 1.29. The lowest BCUT2D eigenvalue weighted by Gasteiger charge is -1.87. The zero-order valence-electron chi connectivity index (χ0n) is 7.97. The fourth-order valence-corrected chi connectivity index (χ4v) is 1.63. The quantitative estimate of drug-likeness (QED) is 0.612. The van der Waals surface area contributed by atoms with Crippen LogP contribution in [0.4, 0.5) is 0 Å². The van der Waals surface area contributed by atoms with E-state index in [9.17, 15) is 9.59 Å². The SMILES string of the molecule is O=Cc1cc2c(ncc3cc(C=O)oc32)o1. The average Bonchev–Trinajstić information content (AvgIpc) is 2.90. The third-order valence-corrected chi connectivity index (χ3v) is 2.31. The van der Waals surface area contributed by atoms with Crippen molar-refractivity contribution in [3.05, 3.63) is 29.9 Å². The largest absolute Gasteiger partial charge is 0.452 e. The van der Waals surface area contributed by atoms with E-state index in [1.165, 1.54) is 12.3 Å². The summed E-state index contributed by atoms with van der Waals surface area (Å²) in [6.07, 6.45) is 2.75. The van der Waals surface area contributed by atoms with E-state index in [-0.39, 0.29) is 11.5 Å². The number of carbonyl (C=O) groups excluding carboxylic acids is 2. The summed E-state index contributed by atoms with van der Waals surface area (Å²) in [5.74, 6) is 0.400. The van der Waals surface area contributed by atoms with Gasteiger partial charge in [0.2, 0.25) is 5.71 Å². The first kappa shape index (κ1) is 8.84. The molecule has 0 aromatic carbocycles. The maximum absolute atomic E-state index is 10.6. The summed E-state index contributed by atoms with van der Waals surface area (Å²) in [4.78, 5) is 25.2. The second-order valence-corrected chi connectivity index (χ2v) is 3.29. The van der Waals surface area contributed by atoms with Crippen molar-refractivity contribution in [2.45, 2.75) is 0 Å². The lowest BCUT2D eigenvalue weighted by Crippen LogP contribution is -1.71. The van der Waals surface area contributed by atoms with Crippen LogP contribution in [0.1, 0.15) is 21.1 Å². The van der Waals surface area contributed by atoms with E-state index < -0.39 is 0 Å². The van der Waals surface area contributed by atoms with Crippen molar-refractivity contribution in [2.75, 3.05) is 0 Å². The molecule has 3 aromatic heterocycles. The molecule has 5 nitrogen and oxygen atoms in total. The van der Waals surface area contributed by atoms with E-state index in [1.807, 2.05) is 0 Å². The highest BCUT2D eigenvalue weighted by Crippen LogP contribution is 2.27. The van der Waals surface area contributed by atoms with Gasteiger partial charge in [0.1, 0.15) is 5.58 Å². The van der Waals surface area contributed by atoms with Crippen LogP contribution in [-0.4, -0.2) is 17.6 Å². The molecule has 16 heavy (non-hydrogen) atoms. The van der Waals surface area contributed by atoms with Crippen LogP contribution < -0.4 is 0 Å². The van der Waals surface area contributed by atoms with Gasteiger partial charge in [0.05, 0.1) is 5.39 Å². The normalized spacial score (nSPS) is 11.0. The Morgan fingerprint density at radius 1 is 1.06 bits per heavy atom. The minimum atomic E-state index is 0.180. The number of pyridine rings is 1. The van der Waals surface area contributed by atoms with Crippen LogP contribution in [0.15, 0.2) is 27.2 Å². The third-order valence-electron chi connectivity index (χ3n) is 2.31. The Balaban J connectivity index is 2.46. The molecule has 0 saturated carbocycles. The van der Waals surface area contributed by atoms with E-state index in [1.54, 1.807) is 6.07 Å². The molecule has 0 unspecified atom stereocenters.